The van der Waals surface area contributed by atoms with Gasteiger partial charge in [-0.2, -0.15) is 0 Å². The summed E-state index contributed by atoms with van der Waals surface area (Å²) in [4.78, 5) is 0. The van der Waals surface area contributed by atoms with Gasteiger partial charge < -0.3 is 10.5 Å². The lowest BCUT2D eigenvalue weighted by Gasteiger charge is -2.19. The molecule has 2 N–H and O–H groups in total. The molecule has 2 nitrogen and oxygen atoms in total. The van der Waals surface area contributed by atoms with E-state index in [4.69, 9.17) is 10.5 Å². The number of rotatable bonds is 2. The molecule has 1 unspecified atom stereocenters. The van der Waals surface area contributed by atoms with E-state index in [-0.39, 0.29) is 0 Å². The van der Waals surface area contributed by atoms with Gasteiger partial charge in [-0.15, -0.1) is 0 Å². The van der Waals surface area contributed by atoms with Crippen molar-refractivity contribution >= 4 is 0 Å². The summed E-state index contributed by atoms with van der Waals surface area (Å²) in [7, 11) is 0. The largest absolute Gasteiger partial charge is 0.378 e. The Kier molecular flexibility index (Phi) is 1.46. The van der Waals surface area contributed by atoms with Crippen LogP contribution in [0.2, 0.25) is 0 Å². The Balaban J connectivity index is 1.96. The molecule has 1 saturated heterocycles. The van der Waals surface area contributed by atoms with E-state index in [0.717, 1.165) is 13.2 Å². The second-order valence-corrected chi connectivity index (χ2v) is 3.57. The van der Waals surface area contributed by atoms with Crippen molar-refractivity contribution in [3.63, 3.8) is 0 Å². The van der Waals surface area contributed by atoms with E-state index >= 15 is 0 Å². The van der Waals surface area contributed by atoms with Crippen LogP contribution in [-0.2, 0) is 4.74 Å². The highest BCUT2D eigenvalue weighted by atomic mass is 16.5. The molecule has 1 aliphatic heterocycles. The first kappa shape index (κ1) is 6.62. The third-order valence-corrected chi connectivity index (χ3v) is 2.91. The molecular weight excluding hydrogens is 126 g/mol. The molecule has 2 heteroatoms. The van der Waals surface area contributed by atoms with Crippen LogP contribution in [0.1, 0.15) is 25.7 Å². The Hall–Kier alpha value is -0.0800. The average molecular weight is 141 g/mol. The topological polar surface area (TPSA) is 35.2 Å². The quantitative estimate of drug-likeness (QED) is 0.620. The molecule has 58 valence electrons. The molecule has 0 bridgehead atoms. The van der Waals surface area contributed by atoms with Gasteiger partial charge in [0.15, 0.2) is 0 Å². The second kappa shape index (κ2) is 2.21. The van der Waals surface area contributed by atoms with Crippen LogP contribution in [0.15, 0.2) is 0 Å². The monoisotopic (exact) mass is 141 g/mol. The highest BCUT2D eigenvalue weighted by Gasteiger charge is 2.49. The number of hydrogen-bond donors (Lipinski definition) is 1. The van der Waals surface area contributed by atoms with E-state index in [9.17, 15) is 0 Å². The first-order chi connectivity index (χ1) is 4.87. The molecule has 10 heavy (non-hydrogen) atoms. The van der Waals surface area contributed by atoms with Crippen LogP contribution in [0.4, 0.5) is 0 Å². The molecule has 1 aliphatic carbocycles. The Morgan fingerprint density at radius 1 is 1.50 bits per heavy atom. The van der Waals surface area contributed by atoms with Crippen molar-refractivity contribution in [2.45, 2.75) is 31.8 Å². The Morgan fingerprint density at radius 2 is 2.30 bits per heavy atom. The molecule has 0 amide bonds. The van der Waals surface area contributed by atoms with Crippen LogP contribution in [0.25, 0.3) is 0 Å². The van der Waals surface area contributed by atoms with Crippen molar-refractivity contribution in [3.8, 4) is 0 Å². The number of ether oxygens (including phenoxy) is 1. The molecule has 0 aromatic rings. The second-order valence-electron chi connectivity index (χ2n) is 3.57. The summed E-state index contributed by atoms with van der Waals surface area (Å²) in [5.41, 5.74) is 6.10. The first-order valence-electron chi connectivity index (χ1n) is 4.19. The standard InChI is InChI=1S/C8H15NO/c9-6-8(3-4-8)7-2-1-5-10-7/h7H,1-6,9H2. The summed E-state index contributed by atoms with van der Waals surface area (Å²) >= 11 is 0. The summed E-state index contributed by atoms with van der Waals surface area (Å²) in [6, 6.07) is 0. The summed E-state index contributed by atoms with van der Waals surface area (Å²) in [5, 5.41) is 0. The van der Waals surface area contributed by atoms with Gasteiger partial charge in [0.2, 0.25) is 0 Å². The Morgan fingerprint density at radius 3 is 2.70 bits per heavy atom. The van der Waals surface area contributed by atoms with E-state index in [2.05, 4.69) is 0 Å². The van der Waals surface area contributed by atoms with Crippen molar-refractivity contribution in [1.82, 2.24) is 0 Å². The number of hydrogen-bond acceptors (Lipinski definition) is 2. The van der Waals surface area contributed by atoms with Gasteiger partial charge in [0.25, 0.3) is 0 Å². The highest BCUT2D eigenvalue weighted by Crippen LogP contribution is 2.51. The molecule has 0 aromatic carbocycles. The zero-order chi connectivity index (χ0) is 7.03. The average Bonchev–Trinajstić information content (AvgIpc) is 2.58. The van der Waals surface area contributed by atoms with E-state index in [1.54, 1.807) is 0 Å². The summed E-state index contributed by atoms with van der Waals surface area (Å²) in [6.07, 6.45) is 5.60. The molecule has 0 aromatic heterocycles. The minimum Gasteiger partial charge on any atom is -0.378 e. The lowest BCUT2D eigenvalue weighted by atomic mass is 9.97. The maximum absolute atomic E-state index is 5.67. The molecule has 1 saturated carbocycles. The van der Waals surface area contributed by atoms with Crippen LogP contribution in [0, 0.1) is 5.41 Å². The van der Waals surface area contributed by atoms with Gasteiger partial charge in [0, 0.05) is 18.6 Å². The van der Waals surface area contributed by atoms with Crippen LogP contribution in [0.5, 0.6) is 0 Å². The fraction of sp³-hybridized carbons (Fsp3) is 1.00. The van der Waals surface area contributed by atoms with Gasteiger partial charge in [0.1, 0.15) is 0 Å². The van der Waals surface area contributed by atoms with Gasteiger partial charge in [-0.05, 0) is 25.7 Å². The summed E-state index contributed by atoms with van der Waals surface area (Å²) in [6.45, 7) is 1.80. The lowest BCUT2D eigenvalue weighted by Crippen LogP contribution is -2.28. The zero-order valence-electron chi connectivity index (χ0n) is 6.31. The van der Waals surface area contributed by atoms with E-state index in [1.165, 1.54) is 25.7 Å². The van der Waals surface area contributed by atoms with Gasteiger partial charge in [-0.3, -0.25) is 0 Å². The van der Waals surface area contributed by atoms with Crippen LogP contribution < -0.4 is 5.73 Å². The zero-order valence-corrected chi connectivity index (χ0v) is 6.31. The summed E-state index contributed by atoms with van der Waals surface area (Å²) < 4.78 is 5.59. The molecule has 1 atom stereocenters. The smallest absolute Gasteiger partial charge is 0.0644 e. The molecule has 2 fully saturated rings. The van der Waals surface area contributed by atoms with Crippen molar-refractivity contribution in [2.75, 3.05) is 13.2 Å². The fourth-order valence-corrected chi connectivity index (χ4v) is 1.88. The minimum absolute atomic E-state index is 0.427. The minimum atomic E-state index is 0.427. The molecule has 2 rings (SSSR count). The highest BCUT2D eigenvalue weighted by molar-refractivity contribution is 5.01. The van der Waals surface area contributed by atoms with Crippen molar-refractivity contribution in [3.05, 3.63) is 0 Å². The Labute approximate surface area is 61.7 Å². The third kappa shape index (κ3) is 0.867. The van der Waals surface area contributed by atoms with Gasteiger partial charge in [-0.25, -0.2) is 0 Å². The maximum Gasteiger partial charge on any atom is 0.0644 e. The van der Waals surface area contributed by atoms with Crippen molar-refractivity contribution in [2.24, 2.45) is 11.1 Å². The predicted molar refractivity (Wildman–Crippen MR) is 39.7 cm³/mol. The third-order valence-electron chi connectivity index (χ3n) is 2.91. The molecule has 1 heterocycles. The first-order valence-corrected chi connectivity index (χ1v) is 4.19. The predicted octanol–water partition coefficient (Wildman–Crippen LogP) is 0.904. The summed E-state index contributed by atoms with van der Waals surface area (Å²) in [5.74, 6) is 0. The normalized spacial score (nSPS) is 36.3. The molecule has 2 aliphatic rings. The molecule has 0 spiro atoms. The fourth-order valence-electron chi connectivity index (χ4n) is 1.88. The Bertz CT molecular complexity index is 125. The molecule has 0 radical (unpaired) electrons. The number of nitrogens with two attached hydrogens (primary N) is 1. The van der Waals surface area contributed by atoms with E-state index < -0.39 is 0 Å². The van der Waals surface area contributed by atoms with Gasteiger partial charge >= 0.3 is 0 Å². The van der Waals surface area contributed by atoms with E-state index in [1.807, 2.05) is 0 Å². The lowest BCUT2D eigenvalue weighted by molar-refractivity contribution is 0.0549. The maximum atomic E-state index is 5.67. The van der Waals surface area contributed by atoms with E-state index in [0.29, 0.717) is 11.5 Å². The van der Waals surface area contributed by atoms with Crippen molar-refractivity contribution in [1.29, 1.82) is 0 Å². The van der Waals surface area contributed by atoms with Crippen LogP contribution in [-0.4, -0.2) is 19.3 Å². The molecular formula is C8H15NO. The van der Waals surface area contributed by atoms with Gasteiger partial charge in [0.05, 0.1) is 6.10 Å². The van der Waals surface area contributed by atoms with Crippen molar-refractivity contribution < 1.29 is 4.74 Å². The SMILES string of the molecule is NCC1(C2CCCO2)CC1. The van der Waals surface area contributed by atoms with Crippen LogP contribution in [0.3, 0.4) is 0 Å². The van der Waals surface area contributed by atoms with Crippen LogP contribution >= 0.6 is 0 Å². The van der Waals surface area contributed by atoms with Gasteiger partial charge in [-0.1, -0.05) is 0 Å².